The molecular formula is C12H8FN3O5. The van der Waals surface area contributed by atoms with Gasteiger partial charge in [-0.2, -0.15) is 0 Å². The van der Waals surface area contributed by atoms with Gasteiger partial charge in [0.15, 0.2) is 0 Å². The molecule has 0 unspecified atom stereocenters. The molecule has 0 saturated heterocycles. The first-order valence-corrected chi connectivity index (χ1v) is 5.54. The van der Waals surface area contributed by atoms with E-state index in [4.69, 9.17) is 10.5 Å². The lowest BCUT2D eigenvalue weighted by Crippen LogP contribution is -1.97. The quantitative estimate of drug-likeness (QED) is 0.525. The first-order valence-electron chi connectivity index (χ1n) is 5.54. The van der Waals surface area contributed by atoms with Crippen molar-refractivity contribution in [3.05, 3.63) is 62.4 Å². The predicted molar refractivity (Wildman–Crippen MR) is 70.6 cm³/mol. The van der Waals surface area contributed by atoms with E-state index in [1.807, 2.05) is 0 Å². The molecule has 0 fully saturated rings. The van der Waals surface area contributed by atoms with Gasteiger partial charge in [-0.05, 0) is 12.1 Å². The zero-order valence-corrected chi connectivity index (χ0v) is 10.4. The van der Waals surface area contributed by atoms with Gasteiger partial charge >= 0.3 is 5.69 Å². The van der Waals surface area contributed by atoms with E-state index in [-0.39, 0.29) is 22.9 Å². The summed E-state index contributed by atoms with van der Waals surface area (Å²) in [6, 6.07) is 6.16. The van der Waals surface area contributed by atoms with Gasteiger partial charge in [0.05, 0.1) is 9.85 Å². The maximum atomic E-state index is 13.1. The summed E-state index contributed by atoms with van der Waals surface area (Å²) in [5.41, 5.74) is 4.54. The topological polar surface area (TPSA) is 122 Å². The highest BCUT2D eigenvalue weighted by atomic mass is 19.1. The van der Waals surface area contributed by atoms with Crippen molar-refractivity contribution in [2.45, 2.75) is 0 Å². The average Bonchev–Trinajstić information content (AvgIpc) is 2.37. The molecule has 0 amide bonds. The summed E-state index contributed by atoms with van der Waals surface area (Å²) in [6.07, 6.45) is 0. The van der Waals surface area contributed by atoms with Crippen molar-refractivity contribution in [1.29, 1.82) is 0 Å². The maximum absolute atomic E-state index is 13.1. The lowest BCUT2D eigenvalue weighted by Gasteiger charge is -2.07. The smallest absolute Gasteiger partial charge is 0.311 e. The summed E-state index contributed by atoms with van der Waals surface area (Å²) in [4.78, 5) is 20.0. The molecule has 2 aromatic carbocycles. The minimum atomic E-state index is -0.733. The molecule has 8 nitrogen and oxygen atoms in total. The third-order valence-electron chi connectivity index (χ3n) is 2.54. The number of rotatable bonds is 4. The minimum Gasteiger partial charge on any atom is -0.450 e. The van der Waals surface area contributed by atoms with E-state index in [1.165, 1.54) is 6.07 Å². The van der Waals surface area contributed by atoms with E-state index >= 15 is 0 Å². The van der Waals surface area contributed by atoms with Crippen LogP contribution in [0.3, 0.4) is 0 Å². The van der Waals surface area contributed by atoms with Gasteiger partial charge in [-0.1, -0.05) is 0 Å². The Morgan fingerprint density at radius 3 is 2.19 bits per heavy atom. The van der Waals surface area contributed by atoms with Gasteiger partial charge in [-0.15, -0.1) is 0 Å². The Kier molecular flexibility index (Phi) is 3.65. The van der Waals surface area contributed by atoms with Gasteiger partial charge in [0, 0.05) is 24.3 Å². The predicted octanol–water partition coefficient (Wildman–Crippen LogP) is 3.02. The number of halogens is 1. The second-order valence-electron chi connectivity index (χ2n) is 3.95. The highest BCUT2D eigenvalue weighted by molar-refractivity contribution is 5.61. The summed E-state index contributed by atoms with van der Waals surface area (Å²) in [5, 5.41) is 21.4. The fourth-order valence-corrected chi connectivity index (χ4v) is 1.61. The van der Waals surface area contributed by atoms with Crippen LogP contribution < -0.4 is 10.5 Å². The van der Waals surface area contributed by atoms with E-state index in [0.29, 0.717) is 0 Å². The van der Waals surface area contributed by atoms with Gasteiger partial charge in [0.1, 0.15) is 17.3 Å². The molecule has 0 atom stereocenters. The molecule has 0 aromatic heterocycles. The maximum Gasteiger partial charge on any atom is 0.311 e. The van der Waals surface area contributed by atoms with Crippen LogP contribution in [0.1, 0.15) is 0 Å². The van der Waals surface area contributed by atoms with Crippen LogP contribution in [0.15, 0.2) is 36.4 Å². The Balaban J connectivity index is 2.38. The molecule has 0 aliphatic rings. The number of benzene rings is 2. The summed E-state index contributed by atoms with van der Waals surface area (Å²) >= 11 is 0. The molecule has 108 valence electrons. The number of nitro groups is 2. The highest BCUT2D eigenvalue weighted by Gasteiger charge is 2.18. The molecule has 0 spiro atoms. The van der Waals surface area contributed by atoms with Crippen molar-refractivity contribution in [2.75, 3.05) is 5.73 Å². The van der Waals surface area contributed by atoms with Crippen LogP contribution in [0.4, 0.5) is 21.5 Å². The van der Waals surface area contributed by atoms with Crippen LogP contribution in [0.5, 0.6) is 11.5 Å². The molecule has 0 aliphatic heterocycles. The molecule has 0 aliphatic carbocycles. The van der Waals surface area contributed by atoms with Crippen molar-refractivity contribution >= 4 is 17.1 Å². The van der Waals surface area contributed by atoms with Crippen LogP contribution in [0.2, 0.25) is 0 Å². The molecular weight excluding hydrogens is 285 g/mol. The third kappa shape index (κ3) is 3.03. The van der Waals surface area contributed by atoms with Gasteiger partial charge < -0.3 is 10.5 Å². The largest absolute Gasteiger partial charge is 0.450 e. The van der Waals surface area contributed by atoms with Gasteiger partial charge in [-0.3, -0.25) is 20.2 Å². The zero-order valence-electron chi connectivity index (χ0n) is 10.4. The van der Waals surface area contributed by atoms with Crippen LogP contribution >= 0.6 is 0 Å². The lowest BCUT2D eigenvalue weighted by atomic mass is 10.2. The first-order chi connectivity index (χ1) is 9.88. The molecule has 0 bridgehead atoms. The fraction of sp³-hybridized carbons (Fsp3) is 0. The molecule has 21 heavy (non-hydrogen) atoms. The molecule has 0 heterocycles. The number of nitrogens with two attached hydrogens (primary N) is 1. The van der Waals surface area contributed by atoms with Crippen LogP contribution in [0.25, 0.3) is 0 Å². The van der Waals surface area contributed by atoms with Crippen LogP contribution in [-0.2, 0) is 0 Å². The van der Waals surface area contributed by atoms with Crippen molar-refractivity contribution < 1.29 is 19.0 Å². The first kappa shape index (κ1) is 14.2. The Morgan fingerprint density at radius 2 is 1.62 bits per heavy atom. The zero-order chi connectivity index (χ0) is 15.6. The molecule has 9 heteroatoms. The van der Waals surface area contributed by atoms with E-state index in [2.05, 4.69) is 0 Å². The van der Waals surface area contributed by atoms with Gasteiger partial charge in [0.2, 0.25) is 5.75 Å². The fourth-order valence-electron chi connectivity index (χ4n) is 1.61. The van der Waals surface area contributed by atoms with Crippen molar-refractivity contribution in [2.24, 2.45) is 0 Å². The van der Waals surface area contributed by atoms with Gasteiger partial charge in [0.25, 0.3) is 5.69 Å². The Bertz CT molecular complexity index is 735. The van der Waals surface area contributed by atoms with Crippen molar-refractivity contribution in [3.63, 3.8) is 0 Å². The highest BCUT2D eigenvalue weighted by Crippen LogP contribution is 2.34. The summed E-state index contributed by atoms with van der Waals surface area (Å²) < 4.78 is 18.3. The van der Waals surface area contributed by atoms with E-state index in [0.717, 1.165) is 30.3 Å². The number of hydrogen-bond acceptors (Lipinski definition) is 6. The SMILES string of the molecule is Nc1cc(Oc2cc(F)ccc2[N+](=O)[O-])ccc1[N+](=O)[O-]. The standard InChI is InChI=1S/C12H8FN3O5/c13-7-1-3-11(16(19)20)12(5-7)21-8-2-4-10(15(17)18)9(14)6-8/h1-6H,14H2. The molecule has 2 rings (SSSR count). The molecule has 2 aromatic rings. The van der Waals surface area contributed by atoms with E-state index in [1.54, 1.807) is 0 Å². The number of nitrogens with zero attached hydrogens (tertiary/aromatic N) is 2. The molecule has 2 N–H and O–H groups in total. The number of ether oxygens (including phenoxy) is 1. The number of hydrogen-bond donors (Lipinski definition) is 1. The second-order valence-corrected chi connectivity index (χ2v) is 3.95. The summed E-state index contributed by atoms with van der Waals surface area (Å²) in [6.45, 7) is 0. The second kappa shape index (κ2) is 5.41. The number of nitrogen functional groups attached to an aromatic ring is 1. The molecule has 0 radical (unpaired) electrons. The Hall–Kier alpha value is -3.23. The normalized spacial score (nSPS) is 10.1. The van der Waals surface area contributed by atoms with Crippen molar-refractivity contribution in [3.8, 4) is 11.5 Å². The number of nitro benzene ring substituents is 2. The van der Waals surface area contributed by atoms with E-state index in [9.17, 15) is 24.6 Å². The van der Waals surface area contributed by atoms with Crippen LogP contribution in [-0.4, -0.2) is 9.85 Å². The van der Waals surface area contributed by atoms with Gasteiger partial charge in [-0.25, -0.2) is 4.39 Å². The lowest BCUT2D eigenvalue weighted by molar-refractivity contribution is -0.385. The average molecular weight is 293 g/mol. The molecule has 0 saturated carbocycles. The van der Waals surface area contributed by atoms with E-state index < -0.39 is 21.4 Å². The monoisotopic (exact) mass is 293 g/mol. The Morgan fingerprint density at radius 1 is 1.00 bits per heavy atom. The summed E-state index contributed by atoms with van der Waals surface area (Å²) in [7, 11) is 0. The number of anilines is 1. The summed E-state index contributed by atoms with van der Waals surface area (Å²) in [5.74, 6) is -1.02. The minimum absolute atomic E-state index is 0.0202. The van der Waals surface area contributed by atoms with Crippen molar-refractivity contribution in [1.82, 2.24) is 0 Å². The van der Waals surface area contributed by atoms with Crippen LogP contribution in [0, 0.1) is 26.0 Å². The Labute approximate surface area is 116 Å². The third-order valence-corrected chi connectivity index (χ3v) is 2.54.